The molecule has 0 radical (unpaired) electrons. The van der Waals surface area contributed by atoms with Gasteiger partial charge >= 0.3 is 0 Å². The Hall–Kier alpha value is -2.67. The summed E-state index contributed by atoms with van der Waals surface area (Å²) in [6.07, 6.45) is 3.47. The van der Waals surface area contributed by atoms with E-state index in [0.29, 0.717) is 11.7 Å². The van der Waals surface area contributed by atoms with Crippen molar-refractivity contribution in [1.82, 2.24) is 19.7 Å². The van der Waals surface area contributed by atoms with E-state index in [4.69, 9.17) is 0 Å². The Morgan fingerprint density at radius 3 is 2.62 bits per heavy atom. The monoisotopic (exact) mass is 367 g/mol. The number of nitrogens with zero attached hydrogens (tertiary/aromatic N) is 5. The van der Waals surface area contributed by atoms with Crippen molar-refractivity contribution in [2.24, 2.45) is 7.05 Å². The van der Waals surface area contributed by atoms with Crippen LogP contribution in [0, 0.1) is 0 Å². The third-order valence-corrected chi connectivity index (χ3v) is 5.16. The minimum Gasteiger partial charge on any atom is -0.312 e. The number of thioether (sulfide) groups is 1. The lowest BCUT2D eigenvalue weighted by atomic mass is 10.2. The van der Waals surface area contributed by atoms with Crippen LogP contribution in [0.3, 0.4) is 0 Å². The Bertz CT molecular complexity index is 866. The van der Waals surface area contributed by atoms with Crippen molar-refractivity contribution in [3.05, 3.63) is 54.9 Å². The number of para-hydroxylation sites is 1. The number of hydrogen-bond donors (Lipinski definition) is 0. The average Bonchev–Trinajstić information content (AvgIpc) is 3.04. The van der Waals surface area contributed by atoms with Crippen LogP contribution in [0.4, 0.5) is 5.69 Å². The number of aromatic nitrogens is 4. The van der Waals surface area contributed by atoms with Gasteiger partial charge < -0.3 is 9.47 Å². The van der Waals surface area contributed by atoms with E-state index in [-0.39, 0.29) is 11.2 Å². The van der Waals surface area contributed by atoms with Crippen LogP contribution in [0.1, 0.15) is 13.8 Å². The van der Waals surface area contributed by atoms with Crippen LogP contribution in [0.25, 0.3) is 11.4 Å². The first-order chi connectivity index (χ1) is 12.6. The second kappa shape index (κ2) is 8.14. The Balaban J connectivity index is 1.76. The standard InChI is InChI=1S/C19H21N5OS/c1-4-24(16-10-6-5-7-11-16)18(25)14(2)26-19-22-21-17(23(19)3)15-9-8-12-20-13-15/h5-14H,4H2,1-3H3/t14-/m1/s1. The highest BCUT2D eigenvalue weighted by Crippen LogP contribution is 2.27. The molecule has 0 spiro atoms. The van der Waals surface area contributed by atoms with Gasteiger partial charge in [-0.2, -0.15) is 0 Å². The van der Waals surface area contributed by atoms with Gasteiger partial charge in [0, 0.05) is 37.2 Å². The molecule has 0 aliphatic heterocycles. The Labute approximate surface area is 157 Å². The van der Waals surface area contributed by atoms with Crippen LogP contribution in [-0.4, -0.2) is 37.5 Å². The highest BCUT2D eigenvalue weighted by atomic mass is 32.2. The van der Waals surface area contributed by atoms with E-state index in [1.807, 2.05) is 67.9 Å². The number of benzene rings is 1. The maximum atomic E-state index is 12.9. The first kappa shape index (κ1) is 18.1. The van der Waals surface area contributed by atoms with Crippen LogP contribution in [-0.2, 0) is 11.8 Å². The first-order valence-electron chi connectivity index (χ1n) is 8.44. The molecule has 0 aliphatic rings. The minimum atomic E-state index is -0.278. The summed E-state index contributed by atoms with van der Waals surface area (Å²) in [6.45, 7) is 4.50. The molecule has 2 heterocycles. The molecule has 0 N–H and O–H groups in total. The molecule has 2 aromatic heterocycles. The fourth-order valence-electron chi connectivity index (χ4n) is 2.67. The number of rotatable bonds is 6. The molecule has 0 aliphatic carbocycles. The topological polar surface area (TPSA) is 63.9 Å². The van der Waals surface area contributed by atoms with Gasteiger partial charge in [0.1, 0.15) is 0 Å². The molecule has 0 bridgehead atoms. The lowest BCUT2D eigenvalue weighted by Gasteiger charge is -2.24. The van der Waals surface area contributed by atoms with Gasteiger partial charge in [-0.05, 0) is 38.1 Å². The number of pyridine rings is 1. The molecule has 1 atom stereocenters. The molecular weight excluding hydrogens is 346 g/mol. The lowest BCUT2D eigenvalue weighted by Crippen LogP contribution is -2.36. The van der Waals surface area contributed by atoms with E-state index in [0.717, 1.165) is 17.1 Å². The largest absolute Gasteiger partial charge is 0.312 e. The van der Waals surface area contributed by atoms with Crippen molar-refractivity contribution in [3.63, 3.8) is 0 Å². The van der Waals surface area contributed by atoms with Gasteiger partial charge in [0.25, 0.3) is 0 Å². The zero-order valence-corrected chi connectivity index (χ0v) is 15.8. The molecule has 3 rings (SSSR count). The minimum absolute atomic E-state index is 0.0506. The maximum absolute atomic E-state index is 12.9. The maximum Gasteiger partial charge on any atom is 0.240 e. The number of anilines is 1. The molecular formula is C19H21N5OS. The summed E-state index contributed by atoms with van der Waals surface area (Å²) in [4.78, 5) is 18.8. The predicted molar refractivity (Wildman–Crippen MR) is 104 cm³/mol. The molecule has 134 valence electrons. The molecule has 0 unspecified atom stereocenters. The third-order valence-electron chi connectivity index (χ3n) is 4.03. The van der Waals surface area contributed by atoms with Crippen molar-refractivity contribution < 1.29 is 4.79 Å². The van der Waals surface area contributed by atoms with E-state index in [2.05, 4.69) is 15.2 Å². The molecule has 26 heavy (non-hydrogen) atoms. The summed E-state index contributed by atoms with van der Waals surface area (Å²) >= 11 is 1.41. The van der Waals surface area contributed by atoms with E-state index in [9.17, 15) is 4.79 Å². The molecule has 3 aromatic rings. The van der Waals surface area contributed by atoms with Crippen molar-refractivity contribution in [2.75, 3.05) is 11.4 Å². The highest BCUT2D eigenvalue weighted by molar-refractivity contribution is 8.00. The Morgan fingerprint density at radius 1 is 1.19 bits per heavy atom. The van der Waals surface area contributed by atoms with Gasteiger partial charge in [-0.3, -0.25) is 9.78 Å². The number of amides is 1. The van der Waals surface area contributed by atoms with E-state index in [1.54, 1.807) is 17.3 Å². The van der Waals surface area contributed by atoms with Crippen molar-refractivity contribution in [3.8, 4) is 11.4 Å². The van der Waals surface area contributed by atoms with Crippen LogP contribution >= 0.6 is 11.8 Å². The van der Waals surface area contributed by atoms with Gasteiger partial charge in [-0.15, -0.1) is 10.2 Å². The molecule has 1 amide bonds. The lowest BCUT2D eigenvalue weighted by molar-refractivity contribution is -0.117. The Kier molecular flexibility index (Phi) is 5.68. The fraction of sp³-hybridized carbons (Fsp3) is 0.263. The third kappa shape index (κ3) is 3.77. The summed E-state index contributed by atoms with van der Waals surface area (Å²) in [7, 11) is 1.90. The molecule has 7 heteroatoms. The summed E-state index contributed by atoms with van der Waals surface area (Å²) in [5, 5.41) is 8.92. The molecule has 1 aromatic carbocycles. The molecule has 0 saturated carbocycles. The van der Waals surface area contributed by atoms with Crippen LogP contribution < -0.4 is 4.90 Å². The molecule has 6 nitrogen and oxygen atoms in total. The Morgan fingerprint density at radius 2 is 1.96 bits per heavy atom. The van der Waals surface area contributed by atoms with Crippen LogP contribution in [0.2, 0.25) is 0 Å². The predicted octanol–water partition coefficient (Wildman–Crippen LogP) is 3.41. The molecule has 0 fully saturated rings. The summed E-state index contributed by atoms with van der Waals surface area (Å²) in [6, 6.07) is 13.5. The van der Waals surface area contributed by atoms with Gasteiger partial charge in [0.15, 0.2) is 11.0 Å². The van der Waals surface area contributed by atoms with Crippen LogP contribution in [0.5, 0.6) is 0 Å². The second-order valence-corrected chi connectivity index (χ2v) is 7.09. The van der Waals surface area contributed by atoms with Crippen molar-refractivity contribution in [1.29, 1.82) is 0 Å². The van der Waals surface area contributed by atoms with E-state index in [1.165, 1.54) is 11.8 Å². The fourth-order valence-corrected chi connectivity index (χ4v) is 3.54. The number of carbonyl (C=O) groups excluding carboxylic acids is 1. The van der Waals surface area contributed by atoms with Gasteiger partial charge in [0.05, 0.1) is 5.25 Å². The van der Waals surface area contributed by atoms with Crippen molar-refractivity contribution in [2.45, 2.75) is 24.3 Å². The quantitative estimate of drug-likeness (QED) is 0.625. The smallest absolute Gasteiger partial charge is 0.240 e. The normalized spacial score (nSPS) is 12.0. The number of carbonyl (C=O) groups is 1. The highest BCUT2D eigenvalue weighted by Gasteiger charge is 2.24. The summed E-state index contributed by atoms with van der Waals surface area (Å²) in [5.41, 5.74) is 1.80. The average molecular weight is 367 g/mol. The second-order valence-electron chi connectivity index (χ2n) is 5.79. The van der Waals surface area contributed by atoms with E-state index < -0.39 is 0 Å². The van der Waals surface area contributed by atoms with Crippen LogP contribution in [0.15, 0.2) is 60.0 Å². The van der Waals surface area contributed by atoms with E-state index >= 15 is 0 Å². The SMILES string of the molecule is CCN(C(=O)[C@@H](C)Sc1nnc(-c2cccnc2)n1C)c1ccccc1. The summed E-state index contributed by atoms with van der Waals surface area (Å²) in [5.74, 6) is 0.783. The van der Waals surface area contributed by atoms with Gasteiger partial charge in [-0.25, -0.2) is 0 Å². The van der Waals surface area contributed by atoms with Gasteiger partial charge in [-0.1, -0.05) is 30.0 Å². The summed E-state index contributed by atoms with van der Waals surface area (Å²) < 4.78 is 1.89. The zero-order chi connectivity index (χ0) is 18.5. The zero-order valence-electron chi connectivity index (χ0n) is 15.0. The van der Waals surface area contributed by atoms with Crippen molar-refractivity contribution >= 4 is 23.4 Å². The molecule has 0 saturated heterocycles. The first-order valence-corrected chi connectivity index (χ1v) is 9.32. The number of hydrogen-bond acceptors (Lipinski definition) is 5. The van der Waals surface area contributed by atoms with Gasteiger partial charge in [0.2, 0.25) is 5.91 Å².